The number of amides is 2. The summed E-state index contributed by atoms with van der Waals surface area (Å²) in [6.07, 6.45) is -0.410. The van der Waals surface area contributed by atoms with Crippen molar-refractivity contribution in [1.82, 2.24) is 10.2 Å². The average Bonchev–Trinajstić information content (AvgIpc) is 1.80. The zero-order valence-corrected chi connectivity index (χ0v) is 5.29. The monoisotopic (exact) mass is 130 g/mol. The number of aliphatic hydroxyl groups excluding tert-OH is 1. The Bertz CT molecular complexity index is 126. The number of nitrogens with one attached hydrogen (secondary N) is 1. The van der Waals surface area contributed by atoms with E-state index in [1.807, 2.05) is 0 Å². The van der Waals surface area contributed by atoms with Gasteiger partial charge in [0.05, 0.1) is 6.10 Å². The predicted molar refractivity (Wildman–Crippen MR) is 32.0 cm³/mol. The molecule has 1 aliphatic heterocycles. The SMILES string of the molecule is CN1C[C@H](O)CNC1=O. The van der Waals surface area contributed by atoms with E-state index in [0.717, 1.165) is 0 Å². The molecule has 9 heavy (non-hydrogen) atoms. The van der Waals surface area contributed by atoms with Crippen LogP contribution >= 0.6 is 0 Å². The van der Waals surface area contributed by atoms with Crippen LogP contribution in [-0.2, 0) is 0 Å². The molecule has 0 spiro atoms. The van der Waals surface area contributed by atoms with Crippen molar-refractivity contribution in [3.63, 3.8) is 0 Å². The topological polar surface area (TPSA) is 52.6 Å². The summed E-state index contributed by atoms with van der Waals surface area (Å²) in [5.74, 6) is 0. The fourth-order valence-electron chi connectivity index (χ4n) is 0.804. The van der Waals surface area contributed by atoms with Gasteiger partial charge in [-0.25, -0.2) is 4.79 Å². The van der Waals surface area contributed by atoms with E-state index in [4.69, 9.17) is 5.11 Å². The summed E-state index contributed by atoms with van der Waals surface area (Å²) in [6, 6.07) is -0.111. The molecule has 1 atom stereocenters. The summed E-state index contributed by atoms with van der Waals surface area (Å²) in [7, 11) is 1.65. The minimum Gasteiger partial charge on any atom is -0.389 e. The maximum absolute atomic E-state index is 10.6. The van der Waals surface area contributed by atoms with Crippen molar-refractivity contribution in [3.05, 3.63) is 0 Å². The van der Waals surface area contributed by atoms with Crippen molar-refractivity contribution in [3.8, 4) is 0 Å². The normalized spacial score (nSPS) is 28.0. The number of carbonyl (C=O) groups is 1. The lowest BCUT2D eigenvalue weighted by atomic mass is 10.3. The summed E-state index contributed by atoms with van der Waals surface area (Å²) in [4.78, 5) is 12.1. The van der Waals surface area contributed by atoms with E-state index in [2.05, 4.69) is 5.32 Å². The van der Waals surface area contributed by atoms with Crippen molar-refractivity contribution in [2.45, 2.75) is 6.10 Å². The van der Waals surface area contributed by atoms with Gasteiger partial charge in [-0.05, 0) is 0 Å². The van der Waals surface area contributed by atoms with Crippen LogP contribution < -0.4 is 5.32 Å². The smallest absolute Gasteiger partial charge is 0.317 e. The van der Waals surface area contributed by atoms with Gasteiger partial charge in [-0.3, -0.25) is 0 Å². The molecule has 0 aliphatic carbocycles. The highest BCUT2D eigenvalue weighted by atomic mass is 16.3. The van der Waals surface area contributed by atoms with Gasteiger partial charge in [-0.15, -0.1) is 0 Å². The zero-order chi connectivity index (χ0) is 6.85. The Hall–Kier alpha value is -0.770. The third-order valence-electron chi connectivity index (χ3n) is 1.32. The number of nitrogens with zero attached hydrogens (tertiary/aromatic N) is 1. The Labute approximate surface area is 53.5 Å². The van der Waals surface area contributed by atoms with Crippen molar-refractivity contribution < 1.29 is 9.90 Å². The molecule has 1 heterocycles. The molecule has 4 heteroatoms. The van der Waals surface area contributed by atoms with Gasteiger partial charge in [0, 0.05) is 20.1 Å². The molecule has 2 amide bonds. The van der Waals surface area contributed by atoms with Gasteiger partial charge in [0.1, 0.15) is 0 Å². The zero-order valence-electron chi connectivity index (χ0n) is 5.29. The molecule has 1 aliphatic rings. The van der Waals surface area contributed by atoms with Crippen LogP contribution in [0.15, 0.2) is 0 Å². The lowest BCUT2D eigenvalue weighted by Crippen LogP contribution is -2.51. The number of hydrogen-bond acceptors (Lipinski definition) is 2. The van der Waals surface area contributed by atoms with Crippen LogP contribution in [0.1, 0.15) is 0 Å². The van der Waals surface area contributed by atoms with Gasteiger partial charge >= 0.3 is 6.03 Å². The van der Waals surface area contributed by atoms with Crippen molar-refractivity contribution >= 4 is 6.03 Å². The molecule has 0 aromatic rings. The highest BCUT2D eigenvalue weighted by Gasteiger charge is 2.19. The van der Waals surface area contributed by atoms with E-state index in [1.165, 1.54) is 4.90 Å². The molecule has 1 rings (SSSR count). The molecule has 0 bridgehead atoms. The van der Waals surface area contributed by atoms with E-state index >= 15 is 0 Å². The number of carbonyl (C=O) groups excluding carboxylic acids is 1. The molecular formula is C5H10N2O2. The summed E-state index contributed by atoms with van der Waals surface area (Å²) in [6.45, 7) is 0.814. The van der Waals surface area contributed by atoms with Gasteiger partial charge in [-0.1, -0.05) is 0 Å². The van der Waals surface area contributed by atoms with E-state index in [9.17, 15) is 4.79 Å². The van der Waals surface area contributed by atoms with Gasteiger partial charge in [-0.2, -0.15) is 0 Å². The van der Waals surface area contributed by atoms with E-state index in [1.54, 1.807) is 7.05 Å². The van der Waals surface area contributed by atoms with Gasteiger partial charge in [0.2, 0.25) is 0 Å². The van der Waals surface area contributed by atoms with Gasteiger partial charge < -0.3 is 15.3 Å². The molecule has 2 N–H and O–H groups in total. The first kappa shape index (κ1) is 6.35. The van der Waals surface area contributed by atoms with Crippen LogP contribution in [0.4, 0.5) is 4.79 Å². The molecule has 4 nitrogen and oxygen atoms in total. The summed E-state index contributed by atoms with van der Waals surface area (Å²) in [5.41, 5.74) is 0. The second-order valence-corrected chi connectivity index (χ2v) is 2.22. The molecule has 0 unspecified atom stereocenters. The summed E-state index contributed by atoms with van der Waals surface area (Å²) in [5, 5.41) is 11.5. The van der Waals surface area contributed by atoms with E-state index in [-0.39, 0.29) is 6.03 Å². The highest BCUT2D eigenvalue weighted by Crippen LogP contribution is 1.94. The molecule has 0 radical (unpaired) electrons. The molecule has 0 aromatic heterocycles. The number of hydrogen-bond donors (Lipinski definition) is 2. The number of β-amino-alcohol motifs (C(OH)–C–C–N with tert-alkyl or cyclic N) is 1. The Balaban J connectivity index is 2.44. The van der Waals surface area contributed by atoms with Crippen LogP contribution in [0.25, 0.3) is 0 Å². The number of aliphatic hydroxyl groups is 1. The second kappa shape index (κ2) is 2.23. The second-order valence-electron chi connectivity index (χ2n) is 2.22. The van der Waals surface area contributed by atoms with Crippen molar-refractivity contribution in [2.75, 3.05) is 20.1 Å². The third kappa shape index (κ3) is 1.32. The highest BCUT2D eigenvalue weighted by molar-refractivity contribution is 5.74. The van der Waals surface area contributed by atoms with Gasteiger partial charge in [0.15, 0.2) is 0 Å². The lowest BCUT2D eigenvalue weighted by Gasteiger charge is -2.26. The van der Waals surface area contributed by atoms with Crippen LogP contribution in [0.5, 0.6) is 0 Å². The Morgan fingerprint density at radius 1 is 1.89 bits per heavy atom. The molecular weight excluding hydrogens is 120 g/mol. The lowest BCUT2D eigenvalue weighted by molar-refractivity contribution is 0.107. The quantitative estimate of drug-likeness (QED) is 0.442. The van der Waals surface area contributed by atoms with Gasteiger partial charge in [0.25, 0.3) is 0 Å². The maximum atomic E-state index is 10.6. The minimum atomic E-state index is -0.410. The first-order valence-corrected chi connectivity index (χ1v) is 2.87. The largest absolute Gasteiger partial charge is 0.389 e. The maximum Gasteiger partial charge on any atom is 0.317 e. The fourth-order valence-corrected chi connectivity index (χ4v) is 0.804. The molecule has 1 fully saturated rings. The van der Waals surface area contributed by atoms with Crippen LogP contribution in [0.3, 0.4) is 0 Å². The molecule has 0 saturated carbocycles. The average molecular weight is 130 g/mol. The minimum absolute atomic E-state index is 0.111. The summed E-state index contributed by atoms with van der Waals surface area (Å²) >= 11 is 0. The standard InChI is InChI=1S/C5H10N2O2/c1-7-3-4(8)2-6-5(7)9/h4,8H,2-3H2,1H3,(H,6,9)/t4-/m1/s1. The molecule has 1 saturated heterocycles. The number of likely N-dealkylation sites (N-methyl/N-ethyl adjacent to an activating group) is 1. The van der Waals surface area contributed by atoms with Crippen LogP contribution in [-0.4, -0.2) is 42.3 Å². The van der Waals surface area contributed by atoms with Crippen LogP contribution in [0, 0.1) is 0 Å². The van der Waals surface area contributed by atoms with Crippen molar-refractivity contribution in [2.24, 2.45) is 0 Å². The van der Waals surface area contributed by atoms with Crippen LogP contribution in [0.2, 0.25) is 0 Å². The van der Waals surface area contributed by atoms with Crippen molar-refractivity contribution in [1.29, 1.82) is 0 Å². The Kier molecular flexibility index (Phi) is 1.57. The third-order valence-corrected chi connectivity index (χ3v) is 1.32. The van der Waals surface area contributed by atoms with E-state index in [0.29, 0.717) is 13.1 Å². The Morgan fingerprint density at radius 2 is 2.56 bits per heavy atom. The number of urea groups is 1. The molecule has 52 valence electrons. The number of rotatable bonds is 0. The first-order valence-electron chi connectivity index (χ1n) is 2.87. The fraction of sp³-hybridized carbons (Fsp3) is 0.800. The Morgan fingerprint density at radius 3 is 3.00 bits per heavy atom. The van der Waals surface area contributed by atoms with E-state index < -0.39 is 6.10 Å². The molecule has 0 aromatic carbocycles. The summed E-state index contributed by atoms with van der Waals surface area (Å²) < 4.78 is 0. The predicted octanol–water partition coefficient (Wildman–Crippen LogP) is -0.998. The first-order chi connectivity index (χ1) is 4.20.